The zero-order valence-corrected chi connectivity index (χ0v) is 20.4. The van der Waals surface area contributed by atoms with Crippen LogP contribution >= 0.6 is 0 Å². The molecule has 5 heterocycles. The Morgan fingerprint density at radius 2 is 1.78 bits per heavy atom. The quantitative estimate of drug-likeness (QED) is 0.537. The van der Waals surface area contributed by atoms with Crippen LogP contribution in [-0.2, 0) is 16.1 Å². The first-order chi connectivity index (χ1) is 17.6. The van der Waals surface area contributed by atoms with Gasteiger partial charge in [-0.25, -0.2) is 24.9 Å². The van der Waals surface area contributed by atoms with Crippen molar-refractivity contribution < 1.29 is 22.7 Å². The van der Waals surface area contributed by atoms with E-state index in [1.54, 1.807) is 9.80 Å². The van der Waals surface area contributed by atoms with Crippen molar-refractivity contribution >= 4 is 34.8 Å². The molecule has 1 atom stereocenters. The molecule has 2 fully saturated rings. The summed E-state index contributed by atoms with van der Waals surface area (Å²) in [6, 6.07) is -0.197. The number of anilines is 3. The van der Waals surface area contributed by atoms with Crippen molar-refractivity contribution in [3.05, 3.63) is 12.4 Å². The van der Waals surface area contributed by atoms with Crippen LogP contribution in [0.2, 0.25) is 0 Å². The number of nitrogen functional groups attached to an aromatic ring is 1. The van der Waals surface area contributed by atoms with Gasteiger partial charge in [0.05, 0.1) is 18.8 Å². The fraction of sp³-hybridized carbons (Fsp3) is 0.545. The molecule has 2 aliphatic heterocycles. The van der Waals surface area contributed by atoms with E-state index in [0.29, 0.717) is 57.3 Å². The Morgan fingerprint density at radius 1 is 1.08 bits per heavy atom. The molecular weight excluding hydrogens is 493 g/mol. The van der Waals surface area contributed by atoms with Crippen LogP contribution in [0, 0.1) is 0 Å². The largest absolute Gasteiger partial charge is 0.406 e. The predicted octanol–water partition coefficient (Wildman–Crippen LogP) is 1.32. The molecule has 2 N–H and O–H groups in total. The van der Waals surface area contributed by atoms with Gasteiger partial charge in [-0.05, 0) is 6.92 Å². The lowest BCUT2D eigenvalue weighted by atomic mass is 10.2. The second-order valence-electron chi connectivity index (χ2n) is 9.09. The van der Waals surface area contributed by atoms with Crippen LogP contribution in [0.3, 0.4) is 0 Å². The van der Waals surface area contributed by atoms with Gasteiger partial charge in [0.2, 0.25) is 17.8 Å². The molecule has 0 bridgehead atoms. The van der Waals surface area contributed by atoms with Crippen molar-refractivity contribution in [1.82, 2.24) is 34.4 Å². The summed E-state index contributed by atoms with van der Waals surface area (Å²) >= 11 is 0. The number of halogens is 3. The monoisotopic (exact) mass is 520 g/mol. The van der Waals surface area contributed by atoms with E-state index in [4.69, 9.17) is 10.5 Å². The van der Waals surface area contributed by atoms with E-state index in [1.165, 1.54) is 19.3 Å². The molecule has 3 aromatic rings. The molecule has 1 unspecified atom stereocenters. The van der Waals surface area contributed by atoms with Gasteiger partial charge < -0.3 is 25.2 Å². The first-order valence-electron chi connectivity index (χ1n) is 11.9. The number of hydrogen-bond acceptors (Lipinski definition) is 10. The molecule has 0 aromatic carbocycles. The summed E-state index contributed by atoms with van der Waals surface area (Å²) in [5.41, 5.74) is 6.34. The number of fused-ring (bicyclic) bond motifs is 1. The van der Waals surface area contributed by atoms with E-state index in [1.807, 2.05) is 11.8 Å². The van der Waals surface area contributed by atoms with E-state index in [0.717, 1.165) is 4.57 Å². The SMILES string of the molecule is CC(=O)N1CCN(c2nc3c(N4CCOCC4)nc(-c4cnc(N)nc4)nc3n2CC(F)(F)F)CC1C. The number of carbonyl (C=O) groups is 1. The summed E-state index contributed by atoms with van der Waals surface area (Å²) in [7, 11) is 0. The molecule has 1 amide bonds. The van der Waals surface area contributed by atoms with Gasteiger partial charge in [0.15, 0.2) is 22.8 Å². The number of piperazine rings is 1. The van der Waals surface area contributed by atoms with Crippen LogP contribution in [0.1, 0.15) is 13.8 Å². The Balaban J connectivity index is 1.68. The number of hydrogen-bond donors (Lipinski definition) is 1. The van der Waals surface area contributed by atoms with E-state index in [2.05, 4.69) is 24.9 Å². The topological polar surface area (TPSA) is 131 Å². The van der Waals surface area contributed by atoms with E-state index >= 15 is 0 Å². The summed E-state index contributed by atoms with van der Waals surface area (Å²) in [4.78, 5) is 39.2. The fourth-order valence-corrected chi connectivity index (χ4v) is 4.73. The highest BCUT2D eigenvalue weighted by Crippen LogP contribution is 2.34. The van der Waals surface area contributed by atoms with Crippen molar-refractivity contribution in [2.75, 3.05) is 61.5 Å². The number of ether oxygens (including phenoxy) is 1. The van der Waals surface area contributed by atoms with Gasteiger partial charge in [-0.15, -0.1) is 0 Å². The molecule has 37 heavy (non-hydrogen) atoms. The van der Waals surface area contributed by atoms with E-state index in [9.17, 15) is 18.0 Å². The summed E-state index contributed by atoms with van der Waals surface area (Å²) in [5.74, 6) is 0.696. The van der Waals surface area contributed by atoms with Crippen molar-refractivity contribution in [3.8, 4) is 11.4 Å². The zero-order chi connectivity index (χ0) is 26.3. The average molecular weight is 521 g/mol. The molecule has 5 rings (SSSR count). The molecule has 2 aliphatic rings. The second-order valence-corrected chi connectivity index (χ2v) is 9.09. The summed E-state index contributed by atoms with van der Waals surface area (Å²) in [5, 5.41) is 0. The smallest absolute Gasteiger partial charge is 0.378 e. The molecule has 0 aliphatic carbocycles. The lowest BCUT2D eigenvalue weighted by molar-refractivity contribution is -0.139. The van der Waals surface area contributed by atoms with Crippen LogP contribution in [-0.4, -0.2) is 98.4 Å². The molecule has 0 radical (unpaired) electrons. The van der Waals surface area contributed by atoms with E-state index in [-0.39, 0.29) is 40.8 Å². The summed E-state index contributed by atoms with van der Waals surface area (Å²) < 4.78 is 48.1. The molecule has 0 saturated carbocycles. The predicted molar refractivity (Wildman–Crippen MR) is 129 cm³/mol. The van der Waals surface area contributed by atoms with Crippen molar-refractivity contribution in [2.24, 2.45) is 0 Å². The number of imidazole rings is 1. The van der Waals surface area contributed by atoms with Gasteiger partial charge in [0.1, 0.15) is 6.54 Å². The van der Waals surface area contributed by atoms with Crippen LogP contribution in [0.4, 0.5) is 30.9 Å². The fourth-order valence-electron chi connectivity index (χ4n) is 4.73. The minimum atomic E-state index is -4.52. The van der Waals surface area contributed by atoms with Crippen LogP contribution in [0.25, 0.3) is 22.6 Å². The minimum absolute atomic E-state index is 0.0530. The maximum atomic E-state index is 13.8. The first kappa shape index (κ1) is 24.9. The third-order valence-corrected chi connectivity index (χ3v) is 6.45. The van der Waals surface area contributed by atoms with Crippen molar-refractivity contribution in [3.63, 3.8) is 0 Å². The molecule has 15 heteroatoms. The minimum Gasteiger partial charge on any atom is -0.378 e. The standard InChI is InChI=1S/C22H27F3N10O2/c1-13-11-33(3-4-34(13)14(2)36)21-29-16-18(32-5-7-37-8-6-32)30-17(15-9-27-20(26)28-10-15)31-19(16)35(21)12-22(23,24)25/h9-10,13H,3-8,11-12H2,1-2H3,(H2,26,27,28). The van der Waals surface area contributed by atoms with Gasteiger partial charge in [-0.3, -0.25) is 9.36 Å². The lowest BCUT2D eigenvalue weighted by Gasteiger charge is -2.40. The van der Waals surface area contributed by atoms with Gasteiger partial charge in [0.25, 0.3) is 0 Å². The first-order valence-corrected chi connectivity index (χ1v) is 11.9. The lowest BCUT2D eigenvalue weighted by Crippen LogP contribution is -2.54. The molecule has 0 spiro atoms. The normalized spacial score (nSPS) is 19.1. The van der Waals surface area contributed by atoms with E-state index < -0.39 is 12.7 Å². The third-order valence-electron chi connectivity index (χ3n) is 6.45. The molecule has 3 aromatic heterocycles. The van der Waals surface area contributed by atoms with Crippen molar-refractivity contribution in [1.29, 1.82) is 0 Å². The number of aromatic nitrogens is 6. The third kappa shape index (κ3) is 5.08. The van der Waals surface area contributed by atoms with Gasteiger partial charge in [-0.2, -0.15) is 13.2 Å². The highest BCUT2D eigenvalue weighted by molar-refractivity contribution is 5.88. The highest BCUT2D eigenvalue weighted by atomic mass is 19.4. The number of alkyl halides is 3. The Kier molecular flexibility index (Phi) is 6.47. The number of amides is 1. The zero-order valence-electron chi connectivity index (χ0n) is 20.4. The van der Waals surface area contributed by atoms with Crippen LogP contribution in [0.15, 0.2) is 12.4 Å². The molecule has 12 nitrogen and oxygen atoms in total. The number of carbonyl (C=O) groups excluding carboxylic acids is 1. The average Bonchev–Trinajstić information content (AvgIpc) is 3.21. The Bertz CT molecular complexity index is 1290. The Hall–Kier alpha value is -3.75. The maximum absolute atomic E-state index is 13.8. The number of nitrogens with two attached hydrogens (primary N) is 1. The highest BCUT2D eigenvalue weighted by Gasteiger charge is 2.35. The van der Waals surface area contributed by atoms with Gasteiger partial charge in [0, 0.05) is 58.1 Å². The van der Waals surface area contributed by atoms with Gasteiger partial charge in [-0.1, -0.05) is 0 Å². The molecular formula is C22H27F3N10O2. The second kappa shape index (κ2) is 9.61. The Morgan fingerprint density at radius 3 is 2.41 bits per heavy atom. The number of rotatable bonds is 4. The summed E-state index contributed by atoms with van der Waals surface area (Å²) in [6.45, 7) is 5.02. The van der Waals surface area contributed by atoms with Gasteiger partial charge >= 0.3 is 6.18 Å². The molecule has 198 valence electrons. The van der Waals surface area contributed by atoms with Crippen molar-refractivity contribution in [2.45, 2.75) is 32.6 Å². The van der Waals surface area contributed by atoms with Crippen LogP contribution in [0.5, 0.6) is 0 Å². The Labute approximate surface area is 210 Å². The van der Waals surface area contributed by atoms with Crippen LogP contribution < -0.4 is 15.5 Å². The summed E-state index contributed by atoms with van der Waals surface area (Å²) in [6.07, 6.45) is -1.66. The number of nitrogens with zero attached hydrogens (tertiary/aromatic N) is 9. The number of morpholine rings is 1. The molecule has 2 saturated heterocycles. The maximum Gasteiger partial charge on any atom is 0.406 e.